The van der Waals surface area contributed by atoms with Gasteiger partial charge in [-0.2, -0.15) is 0 Å². The van der Waals surface area contributed by atoms with E-state index in [1.807, 2.05) is 0 Å². The maximum Gasteiger partial charge on any atom is 0.270 e. The normalized spacial score (nSPS) is 13.2. The van der Waals surface area contributed by atoms with E-state index in [1.54, 1.807) is 6.92 Å². The zero-order valence-corrected chi connectivity index (χ0v) is 11.0. The molecule has 0 bridgehead atoms. The first-order chi connectivity index (χ1) is 8.81. The summed E-state index contributed by atoms with van der Waals surface area (Å²) in [5.74, 6) is -1.05. The summed E-state index contributed by atoms with van der Waals surface area (Å²) in [4.78, 5) is 9.02. The minimum Gasteiger partial charge on any atom is -0.329 e. The van der Waals surface area contributed by atoms with Crippen molar-refractivity contribution in [3.8, 4) is 0 Å². The van der Waals surface area contributed by atoms with E-state index in [0.29, 0.717) is 12.5 Å². The Kier molecular flexibility index (Phi) is 4.92. The third-order valence-electron chi connectivity index (χ3n) is 2.51. The van der Waals surface area contributed by atoms with Crippen LogP contribution in [0.5, 0.6) is 0 Å². The Hall–Kier alpha value is -1.58. The first kappa shape index (κ1) is 15.5. The lowest BCUT2D eigenvalue weighted by atomic mass is 10.2. The van der Waals surface area contributed by atoms with Gasteiger partial charge in [-0.1, -0.05) is 6.92 Å². The Morgan fingerprint density at radius 3 is 2.63 bits per heavy atom. The molecule has 0 aromatic heterocycles. The van der Waals surface area contributed by atoms with Gasteiger partial charge in [-0.05, 0) is 12.5 Å². The zero-order chi connectivity index (χ0) is 14.6. The summed E-state index contributed by atoms with van der Waals surface area (Å²) in [5.41, 5.74) is 4.86. The van der Waals surface area contributed by atoms with Gasteiger partial charge in [0.05, 0.1) is 4.92 Å². The molecule has 0 amide bonds. The number of hydrogen-bond acceptors (Lipinski definition) is 5. The summed E-state index contributed by atoms with van der Waals surface area (Å²) in [7, 11) is -4.18. The first-order valence-electron chi connectivity index (χ1n) is 5.48. The van der Waals surface area contributed by atoms with Gasteiger partial charge in [-0.3, -0.25) is 10.1 Å². The van der Waals surface area contributed by atoms with Crippen LogP contribution in [0.1, 0.15) is 13.3 Å². The fourth-order valence-electron chi connectivity index (χ4n) is 1.39. The number of hydrogen-bond donors (Lipinski definition) is 2. The van der Waals surface area contributed by atoms with E-state index in [2.05, 4.69) is 4.72 Å². The van der Waals surface area contributed by atoms with Crippen molar-refractivity contribution in [2.24, 2.45) is 5.73 Å². The molecule has 0 aliphatic heterocycles. The largest absolute Gasteiger partial charge is 0.329 e. The predicted molar refractivity (Wildman–Crippen MR) is 66.5 cm³/mol. The van der Waals surface area contributed by atoms with Crippen molar-refractivity contribution in [1.82, 2.24) is 4.72 Å². The molecule has 1 unspecified atom stereocenters. The van der Waals surface area contributed by atoms with E-state index in [9.17, 15) is 22.9 Å². The highest BCUT2D eigenvalue weighted by atomic mass is 32.2. The third-order valence-corrected chi connectivity index (χ3v) is 4.05. The quantitative estimate of drug-likeness (QED) is 0.592. The van der Waals surface area contributed by atoms with Crippen LogP contribution >= 0.6 is 0 Å². The molecule has 0 saturated heterocycles. The maximum absolute atomic E-state index is 13.5. The Bertz CT molecular complexity index is 572. The van der Waals surface area contributed by atoms with Gasteiger partial charge in [0, 0.05) is 24.7 Å². The van der Waals surface area contributed by atoms with Gasteiger partial charge in [0.2, 0.25) is 10.0 Å². The number of nitro groups is 1. The highest BCUT2D eigenvalue weighted by Gasteiger charge is 2.24. The Labute approximate surface area is 109 Å². The smallest absolute Gasteiger partial charge is 0.270 e. The molecule has 0 spiro atoms. The van der Waals surface area contributed by atoms with Gasteiger partial charge in [-0.15, -0.1) is 0 Å². The zero-order valence-electron chi connectivity index (χ0n) is 10.2. The van der Waals surface area contributed by atoms with Crippen molar-refractivity contribution < 1.29 is 17.7 Å². The molecule has 0 heterocycles. The number of sulfonamides is 1. The van der Waals surface area contributed by atoms with Crippen LogP contribution < -0.4 is 10.5 Å². The molecule has 3 N–H and O–H groups in total. The Morgan fingerprint density at radius 2 is 2.16 bits per heavy atom. The number of nitrogens with zero attached hydrogens (tertiary/aromatic N) is 1. The van der Waals surface area contributed by atoms with Crippen LogP contribution in [0.25, 0.3) is 0 Å². The number of halogens is 1. The molecule has 7 nitrogen and oxygen atoms in total. The van der Waals surface area contributed by atoms with Gasteiger partial charge in [-0.25, -0.2) is 17.5 Å². The molecular formula is C10H14FN3O4S. The van der Waals surface area contributed by atoms with Crippen LogP contribution in [-0.4, -0.2) is 25.9 Å². The number of rotatable bonds is 6. The van der Waals surface area contributed by atoms with E-state index in [0.717, 1.165) is 12.1 Å². The van der Waals surface area contributed by atoms with Crippen molar-refractivity contribution in [3.05, 3.63) is 34.1 Å². The Balaban J connectivity index is 3.20. The third kappa shape index (κ3) is 3.69. The molecule has 1 aromatic rings. The molecule has 1 aromatic carbocycles. The van der Waals surface area contributed by atoms with Gasteiger partial charge in [0.15, 0.2) is 0 Å². The second-order valence-electron chi connectivity index (χ2n) is 3.83. The van der Waals surface area contributed by atoms with Crippen LogP contribution in [0.2, 0.25) is 0 Å². The van der Waals surface area contributed by atoms with Crippen LogP contribution in [0.3, 0.4) is 0 Å². The van der Waals surface area contributed by atoms with Gasteiger partial charge >= 0.3 is 0 Å². The molecule has 0 aliphatic carbocycles. The highest BCUT2D eigenvalue weighted by Crippen LogP contribution is 2.21. The maximum atomic E-state index is 13.5. The second kappa shape index (κ2) is 6.04. The topological polar surface area (TPSA) is 115 Å². The molecule has 1 rings (SSSR count). The Morgan fingerprint density at radius 1 is 1.53 bits per heavy atom. The monoisotopic (exact) mass is 291 g/mol. The lowest BCUT2D eigenvalue weighted by molar-refractivity contribution is -0.385. The van der Waals surface area contributed by atoms with E-state index in [1.165, 1.54) is 0 Å². The standard InChI is InChI=1S/C10H14FN3O4S/c1-2-7(6-12)13-19(17,18)10-5-8(14(15)16)3-4-9(10)11/h3-5,7,13H,2,6,12H2,1H3. The minimum absolute atomic E-state index is 0.0479. The number of nitrogens with one attached hydrogen (secondary N) is 1. The molecule has 106 valence electrons. The van der Waals surface area contributed by atoms with Crippen molar-refractivity contribution >= 4 is 15.7 Å². The average Bonchev–Trinajstić information content (AvgIpc) is 2.35. The summed E-state index contributed by atoms with van der Waals surface area (Å²) < 4.78 is 39.6. The average molecular weight is 291 g/mol. The summed E-state index contributed by atoms with van der Waals surface area (Å²) >= 11 is 0. The van der Waals surface area contributed by atoms with Crippen molar-refractivity contribution in [2.75, 3.05) is 6.54 Å². The van der Waals surface area contributed by atoms with E-state index in [-0.39, 0.29) is 6.54 Å². The molecule has 0 radical (unpaired) electrons. The van der Waals surface area contributed by atoms with Crippen molar-refractivity contribution in [3.63, 3.8) is 0 Å². The lowest BCUT2D eigenvalue weighted by Crippen LogP contribution is -2.39. The first-order valence-corrected chi connectivity index (χ1v) is 6.96. The summed E-state index contributed by atoms with van der Waals surface area (Å²) in [6.07, 6.45) is 0.423. The minimum atomic E-state index is -4.18. The van der Waals surface area contributed by atoms with E-state index >= 15 is 0 Å². The number of nitrogens with two attached hydrogens (primary N) is 1. The SMILES string of the molecule is CCC(CN)NS(=O)(=O)c1cc([N+](=O)[O-])ccc1F. The summed E-state index contributed by atoms with van der Waals surface area (Å²) in [6.45, 7) is 1.76. The summed E-state index contributed by atoms with van der Waals surface area (Å²) in [5, 5.41) is 10.6. The van der Waals surface area contributed by atoms with Crippen LogP contribution in [0, 0.1) is 15.9 Å². The fraction of sp³-hybridized carbons (Fsp3) is 0.400. The van der Waals surface area contributed by atoms with Crippen molar-refractivity contribution in [1.29, 1.82) is 0 Å². The van der Waals surface area contributed by atoms with Gasteiger partial charge < -0.3 is 5.73 Å². The number of benzene rings is 1. The van der Waals surface area contributed by atoms with Gasteiger partial charge in [0.25, 0.3) is 5.69 Å². The summed E-state index contributed by atoms with van der Waals surface area (Å²) in [6, 6.07) is 1.77. The molecule has 1 atom stereocenters. The molecule has 0 saturated carbocycles. The van der Waals surface area contributed by atoms with Gasteiger partial charge in [0.1, 0.15) is 10.7 Å². The predicted octanol–water partition coefficient (Wildman–Crippen LogP) is 0.750. The molecule has 0 fully saturated rings. The molecule has 9 heteroatoms. The highest BCUT2D eigenvalue weighted by molar-refractivity contribution is 7.89. The van der Waals surface area contributed by atoms with Crippen LogP contribution in [0.15, 0.2) is 23.1 Å². The van der Waals surface area contributed by atoms with Crippen LogP contribution in [0.4, 0.5) is 10.1 Å². The number of nitro benzene ring substituents is 1. The second-order valence-corrected chi connectivity index (χ2v) is 5.52. The number of non-ortho nitro benzene ring substituents is 1. The molecular weight excluding hydrogens is 277 g/mol. The lowest BCUT2D eigenvalue weighted by Gasteiger charge is -2.15. The van der Waals surface area contributed by atoms with Crippen LogP contribution in [-0.2, 0) is 10.0 Å². The van der Waals surface area contributed by atoms with E-state index in [4.69, 9.17) is 5.73 Å². The molecule has 19 heavy (non-hydrogen) atoms. The molecule has 0 aliphatic rings. The fourth-order valence-corrected chi connectivity index (χ4v) is 2.82. The van der Waals surface area contributed by atoms with Crippen molar-refractivity contribution in [2.45, 2.75) is 24.3 Å². The van der Waals surface area contributed by atoms with E-state index < -0.39 is 37.4 Å².